The van der Waals surface area contributed by atoms with E-state index in [1.165, 1.54) is 9.80 Å². The molecule has 0 N–H and O–H groups in total. The first-order valence-electron chi connectivity index (χ1n) is 14.1. The third-order valence-electron chi connectivity index (χ3n) is 10.9. The lowest BCUT2D eigenvalue weighted by Gasteiger charge is -2.45. The van der Waals surface area contributed by atoms with Crippen LogP contribution in [0.25, 0.3) is 0 Å². The molecule has 196 valence electrons. The monoisotopic (exact) mass is 526 g/mol. The Bertz CT molecular complexity index is 1640. The maximum atomic E-state index is 14.2. The lowest BCUT2D eigenvalue weighted by molar-refractivity contribution is -0.127. The molecule has 6 atom stereocenters. The number of hydrogen-bond acceptors (Lipinski definition) is 4. The normalized spacial score (nSPS) is 35.9. The van der Waals surface area contributed by atoms with E-state index in [0.29, 0.717) is 11.4 Å². The molecule has 3 aromatic carbocycles. The number of nitrogens with zero attached hydrogens (tertiary/aromatic N) is 2. The fraction of sp³-hybridized carbons (Fsp3) is 0.294. The number of allylic oxidation sites excluding steroid dienone is 2. The van der Waals surface area contributed by atoms with Gasteiger partial charge in [0.15, 0.2) is 0 Å². The fourth-order valence-corrected chi connectivity index (χ4v) is 9.25. The van der Waals surface area contributed by atoms with Gasteiger partial charge in [0.25, 0.3) is 0 Å². The lowest BCUT2D eigenvalue weighted by Crippen LogP contribution is -2.41. The SMILES string of the molecule is CC12C(=O)N(c3cccc(N4C(=O)C5C6c7ccccc7C(c7ccccc76)C5C4=O)c3)C(=O)C1C1C=CC2C1. The van der Waals surface area contributed by atoms with Gasteiger partial charge in [0.2, 0.25) is 23.6 Å². The van der Waals surface area contributed by atoms with E-state index in [2.05, 4.69) is 36.4 Å². The van der Waals surface area contributed by atoms with Gasteiger partial charge < -0.3 is 0 Å². The highest BCUT2D eigenvalue weighted by atomic mass is 16.2. The summed E-state index contributed by atoms with van der Waals surface area (Å²) in [6, 6.07) is 23.2. The molecule has 2 saturated heterocycles. The molecule has 4 bridgehead atoms. The molecule has 0 radical (unpaired) electrons. The predicted molar refractivity (Wildman–Crippen MR) is 147 cm³/mol. The Hall–Kier alpha value is -4.32. The standard InChI is InChI=1S/C34H26N2O4/c1-34-18-14-13-17(15-18)29(34)32(39)36(33(34)40)20-8-6-7-19(16-20)35-30(37)27-25-21-9-2-3-10-22(21)26(28(27)31(35)38)24-12-5-4-11-23(24)25/h2-14,16-18,25-29H,15H2,1H3. The molecule has 0 spiro atoms. The Kier molecular flexibility index (Phi) is 4.07. The summed E-state index contributed by atoms with van der Waals surface area (Å²) in [4.78, 5) is 58.3. The van der Waals surface area contributed by atoms with Gasteiger partial charge >= 0.3 is 0 Å². The van der Waals surface area contributed by atoms with Crippen LogP contribution in [0.3, 0.4) is 0 Å². The van der Waals surface area contributed by atoms with Crippen molar-refractivity contribution in [2.45, 2.75) is 25.2 Å². The number of anilines is 2. The lowest BCUT2D eigenvalue weighted by atomic mass is 9.55. The number of benzene rings is 3. The van der Waals surface area contributed by atoms with Crippen molar-refractivity contribution in [2.75, 3.05) is 9.80 Å². The van der Waals surface area contributed by atoms with Gasteiger partial charge in [-0.05, 0) is 65.6 Å². The number of carbonyl (C=O) groups excluding carboxylic acids is 4. The molecule has 3 aromatic rings. The van der Waals surface area contributed by atoms with Gasteiger partial charge in [-0.25, -0.2) is 9.80 Å². The highest BCUT2D eigenvalue weighted by Crippen LogP contribution is 2.62. The predicted octanol–water partition coefficient (Wildman–Crippen LogP) is 4.78. The van der Waals surface area contributed by atoms with Crippen LogP contribution in [0.1, 0.15) is 47.4 Å². The van der Waals surface area contributed by atoms with E-state index >= 15 is 0 Å². The van der Waals surface area contributed by atoms with Gasteiger partial charge in [-0.3, -0.25) is 19.2 Å². The maximum Gasteiger partial charge on any atom is 0.241 e. The first kappa shape index (κ1) is 22.5. The molecule has 2 heterocycles. The molecule has 3 fully saturated rings. The van der Waals surface area contributed by atoms with Crippen LogP contribution in [0.15, 0.2) is 84.9 Å². The van der Waals surface area contributed by atoms with Gasteiger partial charge in [-0.2, -0.15) is 0 Å². The number of fused-ring (bicyclic) bond motifs is 5. The van der Waals surface area contributed by atoms with Crippen LogP contribution in [-0.2, 0) is 19.2 Å². The molecule has 40 heavy (non-hydrogen) atoms. The summed E-state index contributed by atoms with van der Waals surface area (Å²) < 4.78 is 0. The second-order valence-electron chi connectivity index (χ2n) is 12.4. The van der Waals surface area contributed by atoms with Gasteiger partial charge in [-0.1, -0.05) is 66.7 Å². The average molecular weight is 527 g/mol. The summed E-state index contributed by atoms with van der Waals surface area (Å²) in [6.45, 7) is 1.92. The summed E-state index contributed by atoms with van der Waals surface area (Å²) in [6.07, 6.45) is 5.01. The molecular formula is C34H26N2O4. The molecular weight excluding hydrogens is 500 g/mol. The van der Waals surface area contributed by atoms with Crippen LogP contribution < -0.4 is 9.80 Å². The quantitative estimate of drug-likeness (QED) is 0.356. The maximum absolute atomic E-state index is 14.2. The van der Waals surface area contributed by atoms with Gasteiger partial charge in [0.1, 0.15) is 0 Å². The molecule has 6 heteroatoms. The first-order valence-corrected chi connectivity index (χ1v) is 14.1. The highest BCUT2D eigenvalue weighted by Gasteiger charge is 2.67. The molecule has 6 nitrogen and oxygen atoms in total. The van der Waals surface area contributed by atoms with Crippen molar-refractivity contribution in [1.29, 1.82) is 0 Å². The minimum Gasteiger partial charge on any atom is -0.274 e. The van der Waals surface area contributed by atoms with Crippen molar-refractivity contribution >= 4 is 35.0 Å². The second kappa shape index (κ2) is 7.25. The highest BCUT2D eigenvalue weighted by molar-refractivity contribution is 6.26. The molecule has 2 aliphatic heterocycles. The average Bonchev–Trinajstić information content (AvgIpc) is 3.69. The fourth-order valence-electron chi connectivity index (χ4n) is 9.25. The van der Waals surface area contributed by atoms with E-state index < -0.39 is 17.3 Å². The third-order valence-corrected chi connectivity index (χ3v) is 10.9. The van der Waals surface area contributed by atoms with Crippen LogP contribution in [0, 0.1) is 35.0 Å². The Morgan fingerprint density at radius 2 is 1.18 bits per heavy atom. The first-order chi connectivity index (χ1) is 19.4. The van der Waals surface area contributed by atoms with E-state index in [0.717, 1.165) is 28.7 Å². The zero-order chi connectivity index (χ0) is 27.1. The van der Waals surface area contributed by atoms with Crippen molar-refractivity contribution in [1.82, 2.24) is 0 Å². The Balaban J connectivity index is 1.12. The van der Waals surface area contributed by atoms with E-state index in [-0.39, 0.29) is 53.2 Å². The van der Waals surface area contributed by atoms with Crippen molar-refractivity contribution in [3.8, 4) is 0 Å². The van der Waals surface area contributed by atoms with E-state index in [4.69, 9.17) is 0 Å². The molecule has 4 amide bonds. The van der Waals surface area contributed by atoms with Crippen molar-refractivity contribution in [3.63, 3.8) is 0 Å². The Labute approximate surface area is 231 Å². The van der Waals surface area contributed by atoms with Gasteiger partial charge in [0.05, 0.1) is 34.5 Å². The van der Waals surface area contributed by atoms with Crippen LogP contribution in [0.5, 0.6) is 0 Å². The molecule has 6 unspecified atom stereocenters. The molecule has 10 rings (SSSR count). The number of imide groups is 2. The van der Waals surface area contributed by atoms with E-state index in [1.54, 1.807) is 24.3 Å². The zero-order valence-corrected chi connectivity index (χ0v) is 21.9. The van der Waals surface area contributed by atoms with Gasteiger partial charge in [-0.15, -0.1) is 0 Å². The zero-order valence-electron chi connectivity index (χ0n) is 21.9. The smallest absolute Gasteiger partial charge is 0.241 e. The van der Waals surface area contributed by atoms with Crippen molar-refractivity contribution in [3.05, 3.63) is 107 Å². The molecule has 5 aliphatic carbocycles. The Morgan fingerprint density at radius 3 is 1.70 bits per heavy atom. The van der Waals surface area contributed by atoms with Crippen molar-refractivity contribution in [2.24, 2.45) is 35.0 Å². The summed E-state index contributed by atoms with van der Waals surface area (Å²) in [7, 11) is 0. The minimum atomic E-state index is -0.739. The van der Waals surface area contributed by atoms with E-state index in [9.17, 15) is 19.2 Å². The summed E-state index contributed by atoms with van der Waals surface area (Å²) in [5.41, 5.74) is 4.60. The van der Waals surface area contributed by atoms with E-state index in [1.807, 2.05) is 31.2 Å². The third kappa shape index (κ3) is 2.39. The number of rotatable bonds is 2. The van der Waals surface area contributed by atoms with Crippen LogP contribution in [0.2, 0.25) is 0 Å². The van der Waals surface area contributed by atoms with Gasteiger partial charge in [0, 0.05) is 11.8 Å². The minimum absolute atomic E-state index is 0.0655. The van der Waals surface area contributed by atoms with Crippen LogP contribution in [0.4, 0.5) is 11.4 Å². The van der Waals surface area contributed by atoms with Crippen molar-refractivity contribution < 1.29 is 19.2 Å². The summed E-state index contributed by atoms with van der Waals surface area (Å²) >= 11 is 0. The Morgan fingerprint density at radius 1 is 0.650 bits per heavy atom. The number of hydrogen-bond donors (Lipinski definition) is 0. The number of carbonyl (C=O) groups is 4. The molecule has 0 aromatic heterocycles. The summed E-state index contributed by atoms with van der Waals surface area (Å²) in [5.74, 6) is -2.34. The summed E-state index contributed by atoms with van der Waals surface area (Å²) in [5, 5.41) is 0. The molecule has 7 aliphatic rings. The van der Waals surface area contributed by atoms with Crippen LogP contribution >= 0.6 is 0 Å². The largest absolute Gasteiger partial charge is 0.274 e. The second-order valence-corrected chi connectivity index (χ2v) is 12.4. The topological polar surface area (TPSA) is 74.8 Å². The van der Waals surface area contributed by atoms with Crippen LogP contribution in [-0.4, -0.2) is 23.6 Å². The number of amides is 4. The molecule has 1 saturated carbocycles.